The quantitative estimate of drug-likeness (QED) is 0.679. The molecule has 1 aromatic heterocycles. The van der Waals surface area contributed by atoms with Crippen molar-refractivity contribution in [2.45, 2.75) is 24.3 Å². The first kappa shape index (κ1) is 20.6. The average molecular weight is 368 g/mol. The number of nitrogens with two attached hydrogens (primary N) is 1. The maximum Gasteiger partial charge on any atom is 0.305 e. The molecule has 0 aliphatic heterocycles. The van der Waals surface area contributed by atoms with Crippen molar-refractivity contribution in [1.82, 2.24) is 4.98 Å². The van der Waals surface area contributed by atoms with E-state index in [0.717, 1.165) is 5.56 Å². The molecule has 0 spiro atoms. The van der Waals surface area contributed by atoms with E-state index in [1.54, 1.807) is 24.3 Å². The Morgan fingerprint density at radius 3 is 2.24 bits per heavy atom. The minimum atomic E-state index is -4.02. The zero-order chi connectivity index (χ0) is 19.0. The van der Waals surface area contributed by atoms with Gasteiger partial charge in [0.25, 0.3) is 10.1 Å². The summed E-state index contributed by atoms with van der Waals surface area (Å²) in [5.41, 5.74) is 7.27. The first-order valence-corrected chi connectivity index (χ1v) is 8.59. The van der Waals surface area contributed by atoms with Crippen molar-refractivity contribution in [2.75, 3.05) is 7.11 Å². The molecule has 9 heteroatoms. The minimum absolute atomic E-state index is 0.0666. The van der Waals surface area contributed by atoms with E-state index in [9.17, 15) is 13.2 Å². The van der Waals surface area contributed by atoms with E-state index in [1.807, 2.05) is 6.92 Å². The average Bonchev–Trinajstić information content (AvgIpc) is 2.54. The molecule has 0 fully saturated rings. The second-order valence-electron chi connectivity index (χ2n) is 5.13. The summed E-state index contributed by atoms with van der Waals surface area (Å²) in [7, 11) is -2.51. The second kappa shape index (κ2) is 9.11. The van der Waals surface area contributed by atoms with Crippen molar-refractivity contribution < 1.29 is 27.6 Å². The van der Waals surface area contributed by atoms with Gasteiger partial charge in [0.05, 0.1) is 18.4 Å². The van der Waals surface area contributed by atoms with E-state index in [2.05, 4.69) is 4.98 Å². The van der Waals surface area contributed by atoms with E-state index in [4.69, 9.17) is 20.1 Å². The summed E-state index contributed by atoms with van der Waals surface area (Å²) in [6, 6.07) is 8.82. The predicted molar refractivity (Wildman–Crippen MR) is 91.0 cm³/mol. The molecule has 1 atom stereocenters. The molecule has 0 bridgehead atoms. The van der Waals surface area contributed by atoms with Gasteiger partial charge in [0.2, 0.25) is 5.88 Å². The molecular weight excluding hydrogens is 348 g/mol. The van der Waals surface area contributed by atoms with Crippen LogP contribution in [0.2, 0.25) is 0 Å². The third kappa shape index (κ3) is 7.29. The van der Waals surface area contributed by atoms with Crippen molar-refractivity contribution in [3.63, 3.8) is 0 Å². The standard InChI is InChI=1S/C9H12N2O3.C7H8O3S/c1-14-8-3-2-6(5-11-8)7(10)4-9(12)13;1-6-2-4-7(5-3-6)11(8,9)10/h2-3,5,7H,4,10H2,1H3,(H,12,13);2-5H,1H3,(H,8,9,10)/t7-;/m0./s1. The zero-order valence-corrected chi connectivity index (χ0v) is 14.6. The van der Waals surface area contributed by atoms with Gasteiger partial charge in [-0.05, 0) is 24.6 Å². The Morgan fingerprint density at radius 2 is 1.84 bits per heavy atom. The van der Waals surface area contributed by atoms with E-state index in [-0.39, 0.29) is 11.3 Å². The van der Waals surface area contributed by atoms with Crippen molar-refractivity contribution >= 4 is 16.1 Å². The molecule has 0 aliphatic rings. The van der Waals surface area contributed by atoms with Gasteiger partial charge in [-0.15, -0.1) is 0 Å². The number of rotatable bonds is 5. The summed E-state index contributed by atoms with van der Waals surface area (Å²) >= 11 is 0. The summed E-state index contributed by atoms with van der Waals surface area (Å²) in [5.74, 6) is -0.440. The first-order chi connectivity index (χ1) is 11.6. The lowest BCUT2D eigenvalue weighted by molar-refractivity contribution is -0.137. The van der Waals surface area contributed by atoms with Gasteiger partial charge in [-0.25, -0.2) is 4.98 Å². The lowest BCUT2D eigenvalue weighted by atomic mass is 10.1. The normalized spacial score (nSPS) is 11.8. The highest BCUT2D eigenvalue weighted by Gasteiger charge is 2.10. The van der Waals surface area contributed by atoms with Crippen LogP contribution in [-0.2, 0) is 14.9 Å². The number of benzene rings is 1. The number of aryl methyl sites for hydroxylation is 1. The molecule has 0 saturated carbocycles. The van der Waals surface area contributed by atoms with E-state index < -0.39 is 22.1 Å². The fraction of sp³-hybridized carbons (Fsp3) is 0.250. The lowest BCUT2D eigenvalue weighted by Crippen LogP contribution is -2.15. The Morgan fingerprint density at radius 1 is 1.24 bits per heavy atom. The van der Waals surface area contributed by atoms with Crippen LogP contribution in [0.4, 0.5) is 0 Å². The largest absolute Gasteiger partial charge is 0.481 e. The van der Waals surface area contributed by atoms with Gasteiger partial charge in [0, 0.05) is 18.3 Å². The zero-order valence-electron chi connectivity index (χ0n) is 13.8. The Labute approximate surface area is 146 Å². The number of carboxylic acid groups (broad SMARTS) is 1. The maximum atomic E-state index is 10.5. The number of pyridine rings is 1. The molecule has 2 aromatic rings. The van der Waals surface area contributed by atoms with Crippen LogP contribution in [-0.4, -0.2) is 36.1 Å². The van der Waals surface area contributed by atoms with Gasteiger partial charge < -0.3 is 15.6 Å². The van der Waals surface area contributed by atoms with Gasteiger partial charge in [0.1, 0.15) is 0 Å². The number of nitrogens with zero attached hydrogens (tertiary/aromatic N) is 1. The van der Waals surface area contributed by atoms with Crippen LogP contribution in [0.15, 0.2) is 47.5 Å². The van der Waals surface area contributed by atoms with Crippen LogP contribution in [0, 0.1) is 6.92 Å². The van der Waals surface area contributed by atoms with Crippen LogP contribution in [0.5, 0.6) is 5.88 Å². The third-order valence-electron chi connectivity index (χ3n) is 3.11. The summed E-state index contributed by atoms with van der Waals surface area (Å²) in [6.45, 7) is 1.84. The predicted octanol–water partition coefficient (Wildman–Crippen LogP) is 1.81. The van der Waals surface area contributed by atoms with Crippen LogP contribution >= 0.6 is 0 Å². The number of aromatic nitrogens is 1. The topological polar surface area (TPSA) is 140 Å². The lowest BCUT2D eigenvalue weighted by Gasteiger charge is -2.08. The van der Waals surface area contributed by atoms with Crippen molar-refractivity contribution in [2.24, 2.45) is 5.73 Å². The van der Waals surface area contributed by atoms with E-state index >= 15 is 0 Å². The Bertz CT molecular complexity index is 788. The van der Waals surface area contributed by atoms with Gasteiger partial charge in [-0.2, -0.15) is 8.42 Å². The molecule has 0 unspecified atom stereocenters. The molecule has 0 aliphatic carbocycles. The van der Waals surface area contributed by atoms with Crippen LogP contribution in [0.3, 0.4) is 0 Å². The van der Waals surface area contributed by atoms with Crippen LogP contribution in [0.1, 0.15) is 23.6 Å². The molecule has 0 amide bonds. The van der Waals surface area contributed by atoms with E-state index in [0.29, 0.717) is 11.4 Å². The molecule has 2 rings (SSSR count). The fourth-order valence-corrected chi connectivity index (χ4v) is 2.23. The molecule has 0 saturated heterocycles. The van der Waals surface area contributed by atoms with Gasteiger partial charge in [-0.1, -0.05) is 23.8 Å². The minimum Gasteiger partial charge on any atom is -0.481 e. The fourth-order valence-electron chi connectivity index (χ4n) is 1.75. The highest BCUT2D eigenvalue weighted by atomic mass is 32.2. The van der Waals surface area contributed by atoms with Gasteiger partial charge in [0.15, 0.2) is 0 Å². The molecule has 25 heavy (non-hydrogen) atoms. The Kier molecular flexibility index (Phi) is 7.49. The number of methoxy groups -OCH3 is 1. The smallest absolute Gasteiger partial charge is 0.305 e. The van der Waals surface area contributed by atoms with Crippen molar-refractivity contribution in [3.8, 4) is 5.88 Å². The highest BCUT2D eigenvalue weighted by Crippen LogP contribution is 2.15. The summed E-state index contributed by atoms with van der Waals surface area (Å²) in [6.07, 6.45) is 1.42. The third-order valence-corrected chi connectivity index (χ3v) is 3.98. The summed E-state index contributed by atoms with van der Waals surface area (Å²) in [5, 5.41) is 8.52. The summed E-state index contributed by atoms with van der Waals surface area (Å²) < 4.78 is 34.4. The highest BCUT2D eigenvalue weighted by molar-refractivity contribution is 7.85. The SMILES string of the molecule is COc1ccc([C@@H](N)CC(=O)O)cn1.Cc1ccc(S(=O)(=O)O)cc1. The van der Waals surface area contributed by atoms with Gasteiger partial charge >= 0.3 is 5.97 Å². The van der Waals surface area contributed by atoms with Crippen molar-refractivity contribution in [1.29, 1.82) is 0 Å². The number of aliphatic carboxylic acids is 1. The monoisotopic (exact) mass is 368 g/mol. The van der Waals surface area contributed by atoms with Crippen molar-refractivity contribution in [3.05, 3.63) is 53.7 Å². The summed E-state index contributed by atoms with van der Waals surface area (Å²) in [4.78, 5) is 14.2. The van der Waals surface area contributed by atoms with Crippen LogP contribution < -0.4 is 10.5 Å². The number of carbonyl (C=O) groups is 1. The number of hydrogen-bond donors (Lipinski definition) is 3. The van der Waals surface area contributed by atoms with E-state index in [1.165, 1.54) is 25.4 Å². The molecule has 4 N–H and O–H groups in total. The number of carboxylic acids is 1. The molecule has 8 nitrogen and oxygen atoms in total. The molecular formula is C16H20N2O6S. The number of ether oxygens (including phenoxy) is 1. The Balaban J connectivity index is 0.000000257. The maximum absolute atomic E-state index is 10.5. The first-order valence-electron chi connectivity index (χ1n) is 7.15. The van der Waals surface area contributed by atoms with Crippen LogP contribution in [0.25, 0.3) is 0 Å². The molecule has 136 valence electrons. The number of hydrogen-bond acceptors (Lipinski definition) is 6. The Hall–Kier alpha value is -2.49. The molecule has 1 heterocycles. The molecule has 1 aromatic carbocycles. The second-order valence-corrected chi connectivity index (χ2v) is 6.55. The molecule has 0 radical (unpaired) electrons. The van der Waals surface area contributed by atoms with Gasteiger partial charge in [-0.3, -0.25) is 9.35 Å².